The number of carbonyl (C=O) groups excluding carboxylic acids is 2. The molecule has 0 fully saturated rings. The fourth-order valence-electron chi connectivity index (χ4n) is 2.45. The highest BCUT2D eigenvalue weighted by Gasteiger charge is 2.24. The predicted octanol–water partition coefficient (Wildman–Crippen LogP) is 4.47. The number of hydrogen-bond donors (Lipinski definition) is 3. The smallest absolute Gasteiger partial charge is 0.408 e. The Morgan fingerprint density at radius 3 is 2.36 bits per heavy atom. The fraction of sp³-hybridized carbons (Fsp3) is 0.636. The van der Waals surface area contributed by atoms with Crippen LogP contribution in [0.5, 0.6) is 5.75 Å². The minimum absolute atomic E-state index is 0.203. The molecule has 1 aromatic rings. The van der Waals surface area contributed by atoms with E-state index < -0.39 is 17.7 Å². The second kappa shape index (κ2) is 13.0. The number of aryl methyl sites for hydroxylation is 1. The maximum Gasteiger partial charge on any atom is 0.408 e. The number of phenols is 1. The first-order valence-electron chi connectivity index (χ1n) is 10.2. The summed E-state index contributed by atoms with van der Waals surface area (Å²) < 4.78 is 5.27. The van der Waals surface area contributed by atoms with Gasteiger partial charge in [-0.1, -0.05) is 45.7 Å². The van der Waals surface area contributed by atoms with Crippen LogP contribution in [0.25, 0.3) is 0 Å². The molecule has 1 rings (SSSR count). The van der Waals surface area contributed by atoms with E-state index in [-0.39, 0.29) is 11.7 Å². The molecule has 28 heavy (non-hydrogen) atoms. The van der Waals surface area contributed by atoms with Gasteiger partial charge in [0.15, 0.2) is 0 Å². The lowest BCUT2D eigenvalue weighted by Gasteiger charge is -2.23. The molecule has 1 atom stereocenters. The molecule has 0 aliphatic carbocycles. The topological polar surface area (TPSA) is 87.7 Å². The summed E-state index contributed by atoms with van der Waals surface area (Å²) in [6.07, 6.45) is 2.71. The maximum absolute atomic E-state index is 12.5. The average molecular weight is 395 g/mol. The Morgan fingerprint density at radius 2 is 1.82 bits per heavy atom. The first-order chi connectivity index (χ1) is 13.1. The molecule has 3 N–H and O–H groups in total. The Labute approximate surface area is 170 Å². The first kappa shape index (κ1) is 25.8. The van der Waals surface area contributed by atoms with E-state index in [1.54, 1.807) is 39.8 Å². The van der Waals surface area contributed by atoms with Crippen LogP contribution in [0.2, 0.25) is 0 Å². The molecule has 0 bridgehead atoms. The van der Waals surface area contributed by atoms with Crippen molar-refractivity contribution in [2.24, 2.45) is 0 Å². The molecular weight excluding hydrogens is 356 g/mol. The van der Waals surface area contributed by atoms with E-state index in [1.807, 2.05) is 19.9 Å². The van der Waals surface area contributed by atoms with Crippen molar-refractivity contribution in [3.05, 3.63) is 29.3 Å². The summed E-state index contributed by atoms with van der Waals surface area (Å²) in [6, 6.07) is 4.41. The van der Waals surface area contributed by atoms with E-state index in [1.165, 1.54) is 0 Å². The number of unbranched alkanes of at least 4 members (excludes halogenated alkanes) is 2. The number of alkyl carbamates (subject to hydrolysis) is 1. The van der Waals surface area contributed by atoms with E-state index in [2.05, 4.69) is 17.6 Å². The maximum atomic E-state index is 12.5. The summed E-state index contributed by atoms with van der Waals surface area (Å²) in [5.41, 5.74) is 0.938. The molecule has 6 heteroatoms. The van der Waals surface area contributed by atoms with Crippen molar-refractivity contribution in [2.75, 3.05) is 6.54 Å². The van der Waals surface area contributed by atoms with Gasteiger partial charge in [-0.05, 0) is 51.3 Å². The van der Waals surface area contributed by atoms with E-state index in [0.717, 1.165) is 30.4 Å². The lowest BCUT2D eigenvalue weighted by atomic mass is 10.0. The molecule has 160 valence electrons. The molecule has 0 saturated carbocycles. The van der Waals surface area contributed by atoms with E-state index in [4.69, 9.17) is 4.74 Å². The van der Waals surface area contributed by atoms with Gasteiger partial charge in [0, 0.05) is 13.0 Å². The predicted molar refractivity (Wildman–Crippen MR) is 114 cm³/mol. The fourth-order valence-corrected chi connectivity index (χ4v) is 2.45. The molecule has 0 aliphatic heterocycles. The van der Waals surface area contributed by atoms with Gasteiger partial charge >= 0.3 is 6.09 Å². The second-order valence-corrected chi connectivity index (χ2v) is 7.52. The van der Waals surface area contributed by atoms with E-state index >= 15 is 0 Å². The molecule has 0 aromatic heterocycles. The number of carbonyl (C=O) groups is 2. The summed E-state index contributed by atoms with van der Waals surface area (Å²) >= 11 is 0. The highest BCUT2D eigenvalue weighted by molar-refractivity contribution is 5.86. The lowest BCUT2D eigenvalue weighted by Crippen LogP contribution is -2.49. The monoisotopic (exact) mass is 394 g/mol. The Balaban J connectivity index is 0.00000352. The molecule has 0 heterocycles. The van der Waals surface area contributed by atoms with Gasteiger partial charge < -0.3 is 20.5 Å². The number of phenolic OH excluding ortho intramolecular Hbond substituents is 1. The number of ether oxygens (including phenoxy) is 1. The number of benzene rings is 1. The van der Waals surface area contributed by atoms with Crippen LogP contribution < -0.4 is 10.6 Å². The van der Waals surface area contributed by atoms with Crippen LogP contribution in [0.4, 0.5) is 4.79 Å². The molecule has 0 aliphatic rings. The number of aromatic hydroxyl groups is 1. The standard InChI is InChI=1S/C20H32N2O4.C2H6/c1-6-7-8-11-21-18(24)16(22-19(25)26-20(3,4)5)13-15-9-10-17(23)14(2)12-15;1-2/h9-10,12,16,23H,6-8,11,13H2,1-5H3,(H,21,24)(H,22,25);1-2H3. The molecule has 1 unspecified atom stereocenters. The Bertz CT molecular complexity index is 609. The van der Waals surface area contributed by atoms with Crippen molar-refractivity contribution in [2.45, 2.75) is 85.8 Å². The van der Waals surface area contributed by atoms with Crippen LogP contribution in [-0.2, 0) is 16.0 Å². The Kier molecular flexibility index (Phi) is 12.0. The zero-order chi connectivity index (χ0) is 21.7. The number of amides is 2. The molecule has 2 amide bonds. The normalized spacial score (nSPS) is 11.7. The summed E-state index contributed by atoms with van der Waals surface area (Å²) in [5.74, 6) is -0.0351. The van der Waals surface area contributed by atoms with Gasteiger partial charge in [-0.15, -0.1) is 0 Å². The molecule has 6 nitrogen and oxygen atoms in total. The van der Waals surface area contributed by atoms with Crippen molar-refractivity contribution in [3.63, 3.8) is 0 Å². The van der Waals surface area contributed by atoms with Gasteiger partial charge in [0.2, 0.25) is 5.91 Å². The van der Waals surface area contributed by atoms with Gasteiger partial charge in [-0.25, -0.2) is 4.79 Å². The number of rotatable bonds is 8. The molecule has 0 spiro atoms. The van der Waals surface area contributed by atoms with Crippen LogP contribution >= 0.6 is 0 Å². The lowest BCUT2D eigenvalue weighted by molar-refractivity contribution is -0.123. The van der Waals surface area contributed by atoms with E-state index in [9.17, 15) is 14.7 Å². The Hall–Kier alpha value is -2.24. The van der Waals surface area contributed by atoms with Gasteiger partial charge in [-0.3, -0.25) is 4.79 Å². The molecule has 0 saturated heterocycles. The summed E-state index contributed by atoms with van der Waals surface area (Å²) in [4.78, 5) is 24.6. The SMILES string of the molecule is CC.CCCCCNC(=O)C(Cc1ccc(O)c(C)c1)NC(=O)OC(C)(C)C. The third kappa shape index (κ3) is 10.8. The van der Waals surface area contributed by atoms with Crippen LogP contribution in [0, 0.1) is 6.92 Å². The molecular formula is C22H38N2O4. The van der Waals surface area contributed by atoms with Gasteiger partial charge in [0.1, 0.15) is 17.4 Å². The van der Waals surface area contributed by atoms with Crippen molar-refractivity contribution < 1.29 is 19.4 Å². The average Bonchev–Trinajstić information content (AvgIpc) is 2.61. The summed E-state index contributed by atoms with van der Waals surface area (Å²) in [7, 11) is 0. The van der Waals surface area contributed by atoms with Crippen LogP contribution in [0.3, 0.4) is 0 Å². The third-order valence-electron chi connectivity index (χ3n) is 3.79. The third-order valence-corrected chi connectivity index (χ3v) is 3.79. The largest absolute Gasteiger partial charge is 0.508 e. The van der Waals surface area contributed by atoms with Crippen molar-refractivity contribution >= 4 is 12.0 Å². The Morgan fingerprint density at radius 1 is 1.18 bits per heavy atom. The minimum atomic E-state index is -0.740. The second-order valence-electron chi connectivity index (χ2n) is 7.52. The van der Waals surface area contributed by atoms with Crippen molar-refractivity contribution in [3.8, 4) is 5.75 Å². The van der Waals surface area contributed by atoms with Crippen molar-refractivity contribution in [1.82, 2.24) is 10.6 Å². The van der Waals surface area contributed by atoms with Gasteiger partial charge in [0.05, 0.1) is 0 Å². The molecule has 1 aromatic carbocycles. The van der Waals surface area contributed by atoms with Crippen LogP contribution in [0.1, 0.15) is 71.9 Å². The van der Waals surface area contributed by atoms with Crippen LogP contribution in [0.15, 0.2) is 18.2 Å². The number of hydrogen-bond acceptors (Lipinski definition) is 4. The van der Waals surface area contributed by atoms with E-state index in [0.29, 0.717) is 13.0 Å². The highest BCUT2D eigenvalue weighted by atomic mass is 16.6. The summed E-state index contributed by atoms with van der Waals surface area (Å²) in [5, 5.41) is 15.2. The van der Waals surface area contributed by atoms with Gasteiger partial charge in [0.25, 0.3) is 0 Å². The van der Waals surface area contributed by atoms with Crippen LogP contribution in [-0.4, -0.2) is 35.3 Å². The molecule has 0 radical (unpaired) electrons. The quantitative estimate of drug-likeness (QED) is 0.568. The minimum Gasteiger partial charge on any atom is -0.508 e. The zero-order valence-electron chi connectivity index (χ0n) is 18.5. The zero-order valence-corrected chi connectivity index (χ0v) is 18.5. The van der Waals surface area contributed by atoms with Crippen molar-refractivity contribution in [1.29, 1.82) is 0 Å². The summed E-state index contributed by atoms with van der Waals surface area (Å²) in [6.45, 7) is 13.8. The highest BCUT2D eigenvalue weighted by Crippen LogP contribution is 2.18. The first-order valence-corrected chi connectivity index (χ1v) is 10.2. The number of nitrogens with one attached hydrogen (secondary N) is 2. The van der Waals surface area contributed by atoms with Gasteiger partial charge in [-0.2, -0.15) is 0 Å².